The molecule has 2 N–H and O–H groups in total. The van der Waals surface area contributed by atoms with Crippen LogP contribution in [-0.4, -0.2) is 29.8 Å². The van der Waals surface area contributed by atoms with Gasteiger partial charge in [0.25, 0.3) is 0 Å². The first kappa shape index (κ1) is 18.0. The van der Waals surface area contributed by atoms with Gasteiger partial charge in [0.2, 0.25) is 11.8 Å². The Morgan fingerprint density at radius 1 is 0.714 bits per heavy atom. The van der Waals surface area contributed by atoms with Crippen LogP contribution in [0, 0.1) is 0 Å². The van der Waals surface area contributed by atoms with E-state index >= 15 is 0 Å². The molecule has 1 aliphatic heterocycles. The van der Waals surface area contributed by atoms with E-state index in [9.17, 15) is 9.59 Å². The highest BCUT2D eigenvalue weighted by molar-refractivity contribution is 5.76. The van der Waals surface area contributed by atoms with Gasteiger partial charge in [-0.2, -0.15) is 0 Å². The smallest absolute Gasteiger partial charge is 0.222 e. The van der Waals surface area contributed by atoms with Crippen LogP contribution in [0.5, 0.6) is 0 Å². The molecule has 4 heteroatoms. The third-order valence-electron chi connectivity index (χ3n) is 4.27. The molecular weight excluding hydrogens is 264 g/mol. The van der Waals surface area contributed by atoms with Crippen molar-refractivity contribution in [2.24, 2.45) is 5.73 Å². The predicted molar refractivity (Wildman–Crippen MR) is 85.8 cm³/mol. The summed E-state index contributed by atoms with van der Waals surface area (Å²) in [6.45, 7) is 1.95. The van der Waals surface area contributed by atoms with Crippen LogP contribution in [-0.2, 0) is 9.59 Å². The SMILES string of the molecule is NC(=O)CCCCCCCCCCC(=O)N1CCCCC1. The normalized spacial score (nSPS) is 15.1. The number of nitrogens with two attached hydrogens (primary N) is 1. The molecular formula is C17H32N2O2. The fraction of sp³-hybridized carbons (Fsp3) is 0.882. The van der Waals surface area contributed by atoms with Crippen LogP contribution in [0.2, 0.25) is 0 Å². The maximum atomic E-state index is 11.9. The summed E-state index contributed by atoms with van der Waals surface area (Å²) in [6, 6.07) is 0. The molecule has 4 nitrogen and oxygen atoms in total. The fourth-order valence-corrected chi connectivity index (χ4v) is 2.94. The van der Waals surface area contributed by atoms with E-state index in [0.29, 0.717) is 12.3 Å². The molecule has 0 aromatic rings. The Labute approximate surface area is 129 Å². The number of hydrogen-bond acceptors (Lipinski definition) is 2. The van der Waals surface area contributed by atoms with Gasteiger partial charge in [-0.05, 0) is 32.1 Å². The number of carbonyl (C=O) groups is 2. The van der Waals surface area contributed by atoms with Crippen LogP contribution in [0.4, 0.5) is 0 Å². The molecule has 1 heterocycles. The lowest BCUT2D eigenvalue weighted by molar-refractivity contribution is -0.132. The third-order valence-corrected chi connectivity index (χ3v) is 4.27. The molecule has 0 aromatic heterocycles. The summed E-state index contributed by atoms with van der Waals surface area (Å²) >= 11 is 0. The second-order valence-corrected chi connectivity index (χ2v) is 6.24. The van der Waals surface area contributed by atoms with Gasteiger partial charge in [-0.25, -0.2) is 0 Å². The zero-order chi connectivity index (χ0) is 15.3. The van der Waals surface area contributed by atoms with Gasteiger partial charge in [0.1, 0.15) is 0 Å². The molecule has 0 bridgehead atoms. The van der Waals surface area contributed by atoms with Crippen molar-refractivity contribution in [2.75, 3.05) is 13.1 Å². The molecule has 21 heavy (non-hydrogen) atoms. The van der Waals surface area contributed by atoms with Crippen molar-refractivity contribution in [1.29, 1.82) is 0 Å². The minimum Gasteiger partial charge on any atom is -0.370 e. The summed E-state index contributed by atoms with van der Waals surface area (Å²) in [6.07, 6.45) is 14.0. The highest BCUT2D eigenvalue weighted by Gasteiger charge is 2.15. The van der Waals surface area contributed by atoms with Gasteiger partial charge >= 0.3 is 0 Å². The number of amides is 2. The molecule has 1 aliphatic rings. The lowest BCUT2D eigenvalue weighted by Crippen LogP contribution is -2.35. The first-order valence-electron chi connectivity index (χ1n) is 8.76. The molecule has 0 aliphatic carbocycles. The molecule has 0 radical (unpaired) electrons. The lowest BCUT2D eigenvalue weighted by atomic mass is 10.1. The van der Waals surface area contributed by atoms with Gasteiger partial charge in [0.05, 0.1) is 0 Å². The number of piperidine rings is 1. The zero-order valence-electron chi connectivity index (χ0n) is 13.4. The molecule has 0 saturated carbocycles. The minimum absolute atomic E-state index is 0.187. The van der Waals surface area contributed by atoms with E-state index in [1.807, 2.05) is 4.90 Å². The van der Waals surface area contributed by atoms with Gasteiger partial charge in [0, 0.05) is 25.9 Å². The van der Waals surface area contributed by atoms with Crippen molar-refractivity contribution in [3.05, 3.63) is 0 Å². The van der Waals surface area contributed by atoms with Crippen molar-refractivity contribution >= 4 is 11.8 Å². The third kappa shape index (κ3) is 9.48. The predicted octanol–water partition coefficient (Wildman–Crippen LogP) is 3.39. The van der Waals surface area contributed by atoms with Gasteiger partial charge in [0.15, 0.2) is 0 Å². The van der Waals surface area contributed by atoms with Crippen LogP contribution >= 0.6 is 0 Å². The largest absolute Gasteiger partial charge is 0.370 e. The van der Waals surface area contributed by atoms with Crippen molar-refractivity contribution in [1.82, 2.24) is 4.90 Å². The summed E-state index contributed by atoms with van der Waals surface area (Å²) in [7, 11) is 0. The van der Waals surface area contributed by atoms with Crippen molar-refractivity contribution in [3.63, 3.8) is 0 Å². The van der Waals surface area contributed by atoms with Crippen molar-refractivity contribution in [3.8, 4) is 0 Å². The molecule has 0 spiro atoms. The summed E-state index contributed by atoms with van der Waals surface area (Å²) in [5.41, 5.74) is 5.10. The van der Waals surface area contributed by atoms with E-state index in [0.717, 1.165) is 38.8 Å². The van der Waals surface area contributed by atoms with Crippen LogP contribution < -0.4 is 5.73 Å². The number of unbranched alkanes of at least 4 members (excludes halogenated alkanes) is 7. The number of rotatable bonds is 11. The van der Waals surface area contributed by atoms with E-state index < -0.39 is 0 Å². The molecule has 0 aromatic carbocycles. The Morgan fingerprint density at radius 3 is 1.71 bits per heavy atom. The number of primary amides is 1. The van der Waals surface area contributed by atoms with E-state index in [-0.39, 0.29) is 5.91 Å². The van der Waals surface area contributed by atoms with E-state index in [4.69, 9.17) is 5.73 Å². The van der Waals surface area contributed by atoms with Gasteiger partial charge in [-0.1, -0.05) is 38.5 Å². The van der Waals surface area contributed by atoms with Crippen molar-refractivity contribution in [2.45, 2.75) is 83.5 Å². The second-order valence-electron chi connectivity index (χ2n) is 6.24. The van der Waals surface area contributed by atoms with Crippen LogP contribution in [0.15, 0.2) is 0 Å². The molecule has 1 rings (SSSR count). The molecule has 0 unspecified atom stereocenters. The maximum Gasteiger partial charge on any atom is 0.222 e. The summed E-state index contributed by atoms with van der Waals surface area (Å²) < 4.78 is 0. The standard InChI is InChI=1S/C17H32N2O2/c18-16(20)12-8-5-3-1-2-4-6-9-13-17(21)19-14-10-7-11-15-19/h1-15H2,(H2,18,20). The Kier molecular flexibility index (Phi) is 9.92. The topological polar surface area (TPSA) is 63.4 Å². The average Bonchev–Trinajstić information content (AvgIpc) is 2.49. The molecule has 1 fully saturated rings. The van der Waals surface area contributed by atoms with E-state index in [1.54, 1.807) is 0 Å². The lowest BCUT2D eigenvalue weighted by Gasteiger charge is -2.26. The Balaban J connectivity index is 1.83. The molecule has 2 amide bonds. The number of likely N-dealkylation sites (tertiary alicyclic amines) is 1. The molecule has 122 valence electrons. The Morgan fingerprint density at radius 2 is 1.19 bits per heavy atom. The van der Waals surface area contributed by atoms with Gasteiger partial charge < -0.3 is 10.6 Å². The summed E-state index contributed by atoms with van der Waals surface area (Å²) in [5.74, 6) is 0.175. The van der Waals surface area contributed by atoms with E-state index in [1.165, 1.54) is 51.4 Å². The zero-order valence-corrected chi connectivity index (χ0v) is 13.4. The highest BCUT2D eigenvalue weighted by Crippen LogP contribution is 2.13. The molecule has 0 atom stereocenters. The van der Waals surface area contributed by atoms with Crippen LogP contribution in [0.25, 0.3) is 0 Å². The monoisotopic (exact) mass is 296 g/mol. The second kappa shape index (κ2) is 11.6. The number of nitrogens with zero attached hydrogens (tertiary/aromatic N) is 1. The van der Waals surface area contributed by atoms with Crippen LogP contribution in [0.3, 0.4) is 0 Å². The van der Waals surface area contributed by atoms with Gasteiger partial charge in [-0.15, -0.1) is 0 Å². The fourth-order valence-electron chi connectivity index (χ4n) is 2.94. The summed E-state index contributed by atoms with van der Waals surface area (Å²) in [4.78, 5) is 24.6. The Bertz CT molecular complexity index is 299. The minimum atomic E-state index is -0.187. The first-order chi connectivity index (χ1) is 10.2. The van der Waals surface area contributed by atoms with Gasteiger partial charge in [-0.3, -0.25) is 9.59 Å². The average molecular weight is 296 g/mol. The maximum absolute atomic E-state index is 11.9. The molecule has 1 saturated heterocycles. The quantitative estimate of drug-likeness (QED) is 0.594. The van der Waals surface area contributed by atoms with Crippen LogP contribution in [0.1, 0.15) is 83.5 Å². The number of carbonyl (C=O) groups excluding carboxylic acids is 2. The first-order valence-corrected chi connectivity index (χ1v) is 8.76. The summed E-state index contributed by atoms with van der Waals surface area (Å²) in [5, 5.41) is 0. The van der Waals surface area contributed by atoms with Crippen molar-refractivity contribution < 1.29 is 9.59 Å². The highest BCUT2D eigenvalue weighted by atomic mass is 16.2. The Hall–Kier alpha value is -1.06. The number of hydrogen-bond donors (Lipinski definition) is 1. The van der Waals surface area contributed by atoms with E-state index in [2.05, 4.69) is 0 Å².